The topological polar surface area (TPSA) is 126 Å². The van der Waals surface area contributed by atoms with Crippen LogP contribution in [0.3, 0.4) is 0 Å². The smallest absolute Gasteiger partial charge is 0.303 e. The van der Waals surface area contributed by atoms with Crippen LogP contribution in [0.5, 0.6) is 5.75 Å². The van der Waals surface area contributed by atoms with E-state index in [0.29, 0.717) is 24.5 Å². The molecular formula is C25H30N6O4S. The number of esters is 1. The van der Waals surface area contributed by atoms with Crippen molar-refractivity contribution in [3.63, 3.8) is 0 Å². The van der Waals surface area contributed by atoms with Crippen LogP contribution in [0.15, 0.2) is 34.6 Å². The summed E-state index contributed by atoms with van der Waals surface area (Å²) in [6.07, 6.45) is 4.59. The summed E-state index contributed by atoms with van der Waals surface area (Å²) in [7, 11) is 0. The van der Waals surface area contributed by atoms with E-state index in [4.69, 9.17) is 19.9 Å². The zero-order valence-electron chi connectivity index (χ0n) is 20.5. The van der Waals surface area contributed by atoms with Gasteiger partial charge in [0.2, 0.25) is 0 Å². The van der Waals surface area contributed by atoms with Crippen LogP contribution in [0.4, 0.5) is 0 Å². The van der Waals surface area contributed by atoms with Crippen LogP contribution in [0.1, 0.15) is 38.7 Å². The van der Waals surface area contributed by atoms with Crippen molar-refractivity contribution in [3.8, 4) is 5.75 Å². The van der Waals surface area contributed by atoms with Gasteiger partial charge in [-0.05, 0) is 55.9 Å². The third-order valence-corrected chi connectivity index (χ3v) is 7.64. The second-order valence-corrected chi connectivity index (χ2v) is 10.4. The summed E-state index contributed by atoms with van der Waals surface area (Å²) in [6, 6.07) is 6.17. The maximum Gasteiger partial charge on any atom is 0.303 e. The van der Waals surface area contributed by atoms with Crippen LogP contribution in [0.2, 0.25) is 0 Å². The molecule has 1 saturated heterocycles. The lowest BCUT2D eigenvalue weighted by Gasteiger charge is -2.33. The molecule has 0 spiro atoms. The molecule has 2 aliphatic heterocycles. The van der Waals surface area contributed by atoms with Crippen LogP contribution in [-0.4, -0.2) is 62.1 Å². The first kappa shape index (κ1) is 24.4. The fraction of sp³-hybridized carbons (Fsp3) is 0.480. The van der Waals surface area contributed by atoms with Crippen LogP contribution in [0.25, 0.3) is 11.2 Å². The summed E-state index contributed by atoms with van der Waals surface area (Å²) < 4.78 is 12.6. The molecule has 2 aliphatic rings. The highest BCUT2D eigenvalue weighted by Crippen LogP contribution is 2.33. The first-order valence-electron chi connectivity index (χ1n) is 12.3. The Balaban J connectivity index is 1.21. The molecule has 0 aliphatic carbocycles. The Morgan fingerprint density at radius 1 is 1.33 bits per heavy atom. The Morgan fingerprint density at radius 3 is 2.92 bits per heavy atom. The molecule has 2 N–H and O–H groups in total. The predicted molar refractivity (Wildman–Crippen MR) is 133 cm³/mol. The van der Waals surface area contributed by atoms with Crippen molar-refractivity contribution in [2.45, 2.75) is 62.2 Å². The highest BCUT2D eigenvalue weighted by molar-refractivity contribution is 7.99. The molecule has 2 aromatic heterocycles. The van der Waals surface area contributed by atoms with Crippen molar-refractivity contribution in [3.05, 3.63) is 35.6 Å². The third-order valence-electron chi connectivity index (χ3n) is 6.77. The van der Waals surface area contributed by atoms with E-state index in [0.717, 1.165) is 60.3 Å². The van der Waals surface area contributed by atoms with Gasteiger partial charge in [-0.15, -0.1) is 0 Å². The number of aryl methyl sites for hydroxylation is 1. The fourth-order valence-electron chi connectivity index (χ4n) is 4.83. The number of H-pyrrole nitrogens is 1. The van der Waals surface area contributed by atoms with Crippen molar-refractivity contribution in [1.29, 1.82) is 5.41 Å². The van der Waals surface area contributed by atoms with Crippen molar-refractivity contribution < 1.29 is 19.1 Å². The fourth-order valence-corrected chi connectivity index (χ4v) is 5.68. The summed E-state index contributed by atoms with van der Waals surface area (Å²) in [5.41, 5.74) is 2.74. The Bertz CT molecular complexity index is 1340. The molecule has 1 aromatic carbocycles. The number of imidazole rings is 1. The van der Waals surface area contributed by atoms with Gasteiger partial charge in [-0.2, -0.15) is 0 Å². The van der Waals surface area contributed by atoms with E-state index in [1.807, 2.05) is 16.7 Å². The standard InChI is InChI=1S/C25H30N6O4S/c1-15(35-16(2)32)24(33)30-9-5-17(6-10-30)7-11-31-14-27-22(26)21-23(31)29-25(28-21)36-19-3-4-20-18(13-19)8-12-34-20/h3-4,13-15,17,26H,5-12H2,1-2H3,(H,28,29). The summed E-state index contributed by atoms with van der Waals surface area (Å²) in [5.74, 6) is 0.849. The molecule has 1 unspecified atom stereocenters. The van der Waals surface area contributed by atoms with Gasteiger partial charge in [-0.25, -0.2) is 9.97 Å². The van der Waals surface area contributed by atoms with Gasteiger partial charge in [0.05, 0.1) is 12.9 Å². The zero-order chi connectivity index (χ0) is 25.2. The number of ether oxygens (including phenoxy) is 2. The monoisotopic (exact) mass is 510 g/mol. The number of aromatic nitrogens is 4. The SMILES string of the molecule is CC(=O)OC(C)C(=O)N1CCC(CCn2cnc(=N)c3[nH]c(Sc4ccc5c(c4)CCO5)nc32)CC1. The largest absolute Gasteiger partial charge is 0.493 e. The number of likely N-dealkylation sites (tertiary alicyclic amines) is 1. The van der Waals surface area contributed by atoms with Gasteiger partial charge in [0.15, 0.2) is 22.4 Å². The lowest BCUT2D eigenvalue weighted by molar-refractivity contribution is -0.158. The van der Waals surface area contributed by atoms with E-state index in [1.165, 1.54) is 24.2 Å². The average Bonchev–Trinajstić information content (AvgIpc) is 3.50. The molecule has 1 amide bonds. The zero-order valence-corrected chi connectivity index (χ0v) is 21.3. The lowest BCUT2D eigenvalue weighted by atomic mass is 9.93. The molecule has 36 heavy (non-hydrogen) atoms. The van der Waals surface area contributed by atoms with Crippen molar-refractivity contribution in [2.75, 3.05) is 19.7 Å². The molecule has 5 rings (SSSR count). The first-order chi connectivity index (χ1) is 17.4. The number of benzene rings is 1. The molecule has 0 radical (unpaired) electrons. The van der Waals surface area contributed by atoms with Gasteiger partial charge >= 0.3 is 5.97 Å². The second-order valence-electron chi connectivity index (χ2n) is 9.31. The van der Waals surface area contributed by atoms with E-state index in [-0.39, 0.29) is 11.4 Å². The Hall–Kier alpha value is -3.34. The maximum atomic E-state index is 12.5. The second kappa shape index (κ2) is 10.3. The number of hydrogen-bond acceptors (Lipinski definition) is 8. The van der Waals surface area contributed by atoms with Crippen LogP contribution in [0, 0.1) is 11.3 Å². The minimum atomic E-state index is -0.741. The minimum absolute atomic E-state index is 0.132. The third kappa shape index (κ3) is 5.25. The highest BCUT2D eigenvalue weighted by atomic mass is 32.2. The minimum Gasteiger partial charge on any atom is -0.493 e. The lowest BCUT2D eigenvalue weighted by Crippen LogP contribution is -2.44. The molecule has 3 aromatic rings. The van der Waals surface area contributed by atoms with Gasteiger partial charge in [-0.1, -0.05) is 11.8 Å². The molecular weight excluding hydrogens is 480 g/mol. The van der Waals surface area contributed by atoms with Crippen molar-refractivity contribution in [2.24, 2.45) is 5.92 Å². The van der Waals surface area contributed by atoms with E-state index < -0.39 is 12.1 Å². The van der Waals surface area contributed by atoms with Crippen molar-refractivity contribution in [1.82, 2.24) is 24.4 Å². The van der Waals surface area contributed by atoms with Crippen LogP contribution < -0.4 is 10.2 Å². The number of aromatic amines is 1. The number of amides is 1. The van der Waals surface area contributed by atoms with Crippen LogP contribution >= 0.6 is 11.8 Å². The number of carbonyl (C=O) groups excluding carboxylic acids is 2. The normalized spacial score (nSPS) is 16.6. The summed E-state index contributed by atoms with van der Waals surface area (Å²) >= 11 is 1.54. The highest BCUT2D eigenvalue weighted by Gasteiger charge is 2.27. The van der Waals surface area contributed by atoms with E-state index in [1.54, 1.807) is 18.2 Å². The molecule has 4 heterocycles. The van der Waals surface area contributed by atoms with Crippen LogP contribution in [-0.2, 0) is 27.3 Å². The summed E-state index contributed by atoms with van der Waals surface area (Å²) in [4.78, 5) is 38.8. The van der Waals surface area contributed by atoms with Gasteiger partial charge in [0.1, 0.15) is 11.3 Å². The number of piperidine rings is 1. The van der Waals surface area contributed by atoms with Gasteiger partial charge in [0.25, 0.3) is 5.91 Å². The molecule has 190 valence electrons. The molecule has 0 saturated carbocycles. The van der Waals surface area contributed by atoms with E-state index in [2.05, 4.69) is 16.0 Å². The molecule has 0 bridgehead atoms. The molecule has 1 fully saturated rings. The predicted octanol–water partition coefficient (Wildman–Crippen LogP) is 2.91. The summed E-state index contributed by atoms with van der Waals surface area (Å²) in [6.45, 7) is 5.72. The average molecular weight is 511 g/mol. The van der Waals surface area contributed by atoms with Gasteiger partial charge < -0.3 is 23.9 Å². The number of hydrogen-bond donors (Lipinski definition) is 2. The van der Waals surface area contributed by atoms with Gasteiger partial charge in [-0.3, -0.25) is 15.0 Å². The summed E-state index contributed by atoms with van der Waals surface area (Å²) in [5, 5.41) is 8.96. The number of carbonyl (C=O) groups is 2. The molecule has 11 heteroatoms. The quantitative estimate of drug-likeness (QED) is 0.468. The van der Waals surface area contributed by atoms with E-state index in [9.17, 15) is 9.59 Å². The first-order valence-corrected chi connectivity index (χ1v) is 13.1. The maximum absolute atomic E-state index is 12.5. The molecule has 10 nitrogen and oxygen atoms in total. The Morgan fingerprint density at radius 2 is 2.14 bits per heavy atom. The van der Waals surface area contributed by atoms with Crippen molar-refractivity contribution >= 4 is 34.8 Å². The number of nitrogens with zero attached hydrogens (tertiary/aromatic N) is 4. The Kier molecular flexibility index (Phi) is 6.99. The Labute approximate surface area is 212 Å². The molecule has 1 atom stereocenters. The number of fused-ring (bicyclic) bond motifs is 2. The van der Waals surface area contributed by atoms with E-state index >= 15 is 0 Å². The number of nitrogens with one attached hydrogen (secondary N) is 2. The van der Waals surface area contributed by atoms with Gasteiger partial charge in [0, 0.05) is 37.9 Å². The number of rotatable bonds is 7.